The lowest BCUT2D eigenvalue weighted by Gasteiger charge is -2.19. The van der Waals surface area contributed by atoms with Crippen molar-refractivity contribution in [3.8, 4) is 11.1 Å². The number of carbonyl (C=O) groups excluding carboxylic acids is 1. The zero-order valence-electron chi connectivity index (χ0n) is 13.0. The van der Waals surface area contributed by atoms with Crippen molar-refractivity contribution in [2.24, 2.45) is 5.92 Å². The van der Waals surface area contributed by atoms with Crippen molar-refractivity contribution in [1.82, 2.24) is 4.90 Å². The van der Waals surface area contributed by atoms with Crippen LogP contribution in [0.5, 0.6) is 0 Å². The summed E-state index contributed by atoms with van der Waals surface area (Å²) < 4.78 is 0. The van der Waals surface area contributed by atoms with E-state index in [1.807, 2.05) is 42.5 Å². The average Bonchev–Trinajstić information content (AvgIpc) is 2.97. The first-order valence-electron chi connectivity index (χ1n) is 7.70. The number of ketones is 1. The van der Waals surface area contributed by atoms with E-state index in [1.165, 1.54) is 0 Å². The Hall–Kier alpha value is -2.46. The fraction of sp³-hybridized carbons (Fsp3) is 0.263. The molecule has 1 unspecified atom stereocenters. The van der Waals surface area contributed by atoms with E-state index in [0.717, 1.165) is 11.1 Å². The molecule has 23 heavy (non-hydrogen) atoms. The number of benzene rings is 2. The van der Waals surface area contributed by atoms with Gasteiger partial charge in [-0.3, -0.25) is 14.5 Å². The molecule has 4 nitrogen and oxygen atoms in total. The van der Waals surface area contributed by atoms with Crippen molar-refractivity contribution < 1.29 is 14.7 Å². The Morgan fingerprint density at radius 1 is 1.00 bits per heavy atom. The van der Waals surface area contributed by atoms with Gasteiger partial charge in [-0.05, 0) is 31.1 Å². The topological polar surface area (TPSA) is 57.6 Å². The Labute approximate surface area is 135 Å². The van der Waals surface area contributed by atoms with Crippen LogP contribution in [0.25, 0.3) is 11.1 Å². The summed E-state index contributed by atoms with van der Waals surface area (Å²) >= 11 is 0. The molecule has 1 fully saturated rings. The van der Waals surface area contributed by atoms with Gasteiger partial charge in [-0.1, -0.05) is 54.6 Å². The van der Waals surface area contributed by atoms with Crippen LogP contribution in [0.2, 0.25) is 0 Å². The molecule has 3 rings (SSSR count). The van der Waals surface area contributed by atoms with Gasteiger partial charge in [0, 0.05) is 11.5 Å². The summed E-state index contributed by atoms with van der Waals surface area (Å²) in [5, 5.41) is 9.35. The molecule has 2 aromatic rings. The molecule has 0 amide bonds. The summed E-state index contributed by atoms with van der Waals surface area (Å²) in [6, 6.07) is 16.6. The van der Waals surface area contributed by atoms with Gasteiger partial charge in [-0.2, -0.15) is 0 Å². The fourth-order valence-electron chi connectivity index (χ4n) is 3.25. The fourth-order valence-corrected chi connectivity index (χ4v) is 3.25. The number of rotatable bonds is 4. The highest BCUT2D eigenvalue weighted by Crippen LogP contribution is 2.28. The van der Waals surface area contributed by atoms with Crippen molar-refractivity contribution in [3.05, 3.63) is 60.2 Å². The van der Waals surface area contributed by atoms with Gasteiger partial charge >= 0.3 is 5.97 Å². The minimum absolute atomic E-state index is 0.0821. The third kappa shape index (κ3) is 3.03. The van der Waals surface area contributed by atoms with Crippen molar-refractivity contribution in [3.63, 3.8) is 0 Å². The Morgan fingerprint density at radius 2 is 1.61 bits per heavy atom. The van der Waals surface area contributed by atoms with Gasteiger partial charge in [0.05, 0.1) is 0 Å². The molecule has 1 aliphatic rings. The zero-order chi connectivity index (χ0) is 16.4. The summed E-state index contributed by atoms with van der Waals surface area (Å²) in [4.78, 5) is 25.8. The van der Waals surface area contributed by atoms with E-state index in [2.05, 4.69) is 0 Å². The molecule has 4 heteroatoms. The number of carbonyl (C=O) groups is 2. The van der Waals surface area contributed by atoms with Crippen molar-refractivity contribution in [1.29, 1.82) is 0 Å². The van der Waals surface area contributed by atoms with Crippen LogP contribution in [-0.4, -0.2) is 41.4 Å². The average molecular weight is 309 g/mol. The molecule has 0 radical (unpaired) electrons. The third-order valence-corrected chi connectivity index (χ3v) is 4.52. The molecule has 118 valence electrons. The van der Waals surface area contributed by atoms with Gasteiger partial charge in [0.25, 0.3) is 0 Å². The van der Waals surface area contributed by atoms with Crippen molar-refractivity contribution in [2.45, 2.75) is 12.5 Å². The molecule has 1 aliphatic heterocycles. The number of likely N-dealkylation sites (tertiary alicyclic amines) is 1. The zero-order valence-corrected chi connectivity index (χ0v) is 13.0. The van der Waals surface area contributed by atoms with E-state index in [1.54, 1.807) is 24.1 Å². The largest absolute Gasteiger partial charge is 0.480 e. The Morgan fingerprint density at radius 3 is 2.22 bits per heavy atom. The molecule has 1 heterocycles. The number of Topliss-reactive ketones (excluding diaryl/α,β-unsaturated/α-hetero) is 1. The third-order valence-electron chi connectivity index (χ3n) is 4.52. The second-order valence-corrected chi connectivity index (χ2v) is 5.97. The molecule has 0 bridgehead atoms. The van der Waals surface area contributed by atoms with Crippen LogP contribution >= 0.6 is 0 Å². The van der Waals surface area contributed by atoms with Crippen LogP contribution in [0.15, 0.2) is 54.6 Å². The maximum Gasteiger partial charge on any atom is 0.321 e. The van der Waals surface area contributed by atoms with Crippen LogP contribution in [-0.2, 0) is 4.79 Å². The van der Waals surface area contributed by atoms with E-state index in [9.17, 15) is 14.7 Å². The number of likely N-dealkylation sites (N-methyl/N-ethyl adjacent to an activating group) is 1. The minimum Gasteiger partial charge on any atom is -0.480 e. The normalized spacial score (nSPS) is 21.3. The molecule has 1 saturated heterocycles. The first-order chi connectivity index (χ1) is 11.1. The molecule has 0 spiro atoms. The van der Waals surface area contributed by atoms with E-state index < -0.39 is 17.9 Å². The Bertz CT molecular complexity index is 709. The summed E-state index contributed by atoms with van der Waals surface area (Å²) in [5.41, 5.74) is 2.72. The molecule has 2 aromatic carbocycles. The van der Waals surface area contributed by atoms with E-state index in [-0.39, 0.29) is 5.78 Å². The van der Waals surface area contributed by atoms with Gasteiger partial charge in [-0.25, -0.2) is 0 Å². The second-order valence-electron chi connectivity index (χ2n) is 5.97. The van der Waals surface area contributed by atoms with E-state index in [4.69, 9.17) is 0 Å². The van der Waals surface area contributed by atoms with Crippen LogP contribution < -0.4 is 0 Å². The number of nitrogens with zero attached hydrogens (tertiary/aromatic N) is 1. The Balaban J connectivity index is 1.82. The van der Waals surface area contributed by atoms with Gasteiger partial charge < -0.3 is 5.11 Å². The summed E-state index contributed by atoms with van der Waals surface area (Å²) in [6.45, 7) is 0.634. The van der Waals surface area contributed by atoms with Gasteiger partial charge in [-0.15, -0.1) is 0 Å². The minimum atomic E-state index is -0.927. The van der Waals surface area contributed by atoms with Crippen LogP contribution in [0.4, 0.5) is 0 Å². The first kappa shape index (κ1) is 15.4. The highest BCUT2D eigenvalue weighted by Gasteiger charge is 2.41. The predicted octanol–water partition coefficient (Wildman–Crippen LogP) is 2.94. The number of carboxylic acids is 1. The number of hydrogen-bond donors (Lipinski definition) is 1. The van der Waals surface area contributed by atoms with Crippen molar-refractivity contribution >= 4 is 11.8 Å². The summed E-state index contributed by atoms with van der Waals surface area (Å²) in [6.07, 6.45) is 0.590. The van der Waals surface area contributed by atoms with E-state index in [0.29, 0.717) is 18.5 Å². The molecule has 2 atom stereocenters. The lowest BCUT2D eigenvalue weighted by molar-refractivity contribution is -0.142. The highest BCUT2D eigenvalue weighted by atomic mass is 16.4. The van der Waals surface area contributed by atoms with E-state index >= 15 is 0 Å². The molecular formula is C19H19NO3. The van der Waals surface area contributed by atoms with Gasteiger partial charge in [0.15, 0.2) is 5.78 Å². The molecule has 1 N–H and O–H groups in total. The smallest absolute Gasteiger partial charge is 0.321 e. The molecule has 0 saturated carbocycles. The quantitative estimate of drug-likeness (QED) is 0.882. The molecule has 0 aliphatic carbocycles. The summed E-state index contributed by atoms with van der Waals surface area (Å²) in [7, 11) is 1.75. The van der Waals surface area contributed by atoms with Crippen LogP contribution in [0.3, 0.4) is 0 Å². The highest BCUT2D eigenvalue weighted by molar-refractivity contribution is 6.01. The lowest BCUT2D eigenvalue weighted by Crippen LogP contribution is -2.39. The molecular weight excluding hydrogens is 290 g/mol. The van der Waals surface area contributed by atoms with Gasteiger partial charge in [0.1, 0.15) is 6.04 Å². The summed E-state index contributed by atoms with van der Waals surface area (Å²) in [5.74, 6) is -1.48. The number of aliphatic carboxylic acids is 1. The van der Waals surface area contributed by atoms with Gasteiger partial charge in [0.2, 0.25) is 0 Å². The SMILES string of the molecule is CN1CC[C@H](C(=O)c2ccc(-c3ccccc3)cc2)C1C(=O)O. The van der Waals surface area contributed by atoms with Crippen LogP contribution in [0.1, 0.15) is 16.8 Å². The lowest BCUT2D eigenvalue weighted by atomic mass is 9.90. The first-order valence-corrected chi connectivity index (χ1v) is 7.70. The second kappa shape index (κ2) is 6.34. The predicted molar refractivity (Wildman–Crippen MR) is 88.4 cm³/mol. The monoisotopic (exact) mass is 309 g/mol. The Kier molecular flexibility index (Phi) is 4.26. The number of carboxylic acid groups (broad SMARTS) is 1. The number of hydrogen-bond acceptors (Lipinski definition) is 3. The van der Waals surface area contributed by atoms with Crippen LogP contribution in [0, 0.1) is 5.92 Å². The maximum atomic E-state index is 12.7. The maximum absolute atomic E-state index is 12.7. The van der Waals surface area contributed by atoms with Crippen molar-refractivity contribution in [2.75, 3.05) is 13.6 Å². The standard InChI is InChI=1S/C19H19NO3/c1-20-12-11-16(17(20)19(22)23)18(21)15-9-7-14(8-10-15)13-5-3-2-4-6-13/h2-10,16-17H,11-12H2,1H3,(H,22,23)/t16-,17?/m0/s1. The molecule has 0 aromatic heterocycles.